The molecule has 3 amide bonds. The third-order valence-corrected chi connectivity index (χ3v) is 7.60. The molecule has 2 bridgehead atoms. The van der Waals surface area contributed by atoms with Gasteiger partial charge in [0, 0.05) is 16.8 Å². The summed E-state index contributed by atoms with van der Waals surface area (Å²) in [5.74, 6) is 0.500. The highest BCUT2D eigenvalue weighted by atomic mass is 16.2. The first-order valence-electron chi connectivity index (χ1n) is 11.0. The Morgan fingerprint density at radius 3 is 1.88 bits per heavy atom. The summed E-state index contributed by atoms with van der Waals surface area (Å²) >= 11 is 0. The number of carbonyl (C=O) groups is 4. The minimum absolute atomic E-state index is 0.0369. The fraction of sp³-hybridized carbons (Fsp3) is 0.308. The zero-order valence-corrected chi connectivity index (χ0v) is 17.5. The van der Waals surface area contributed by atoms with Crippen molar-refractivity contribution < 1.29 is 19.2 Å². The van der Waals surface area contributed by atoms with Crippen LogP contribution < -0.4 is 10.2 Å². The normalized spacial score (nSPS) is 31.3. The van der Waals surface area contributed by atoms with E-state index in [4.69, 9.17) is 0 Å². The molecule has 2 saturated carbocycles. The Labute approximate surface area is 185 Å². The monoisotopic (exact) mass is 426 g/mol. The van der Waals surface area contributed by atoms with E-state index in [0.717, 1.165) is 6.42 Å². The number of hydrogen-bond acceptors (Lipinski definition) is 4. The number of allylic oxidation sites excluding steroid dienone is 2. The number of anilines is 2. The number of amides is 3. The molecule has 6 atom stereocenters. The average Bonchev–Trinajstić information content (AvgIpc) is 3.58. The first-order valence-corrected chi connectivity index (χ1v) is 11.0. The minimum Gasteiger partial charge on any atom is -0.322 e. The summed E-state index contributed by atoms with van der Waals surface area (Å²) in [5.41, 5.74) is 2.10. The number of carbonyl (C=O) groups excluding carboxylic acids is 4. The summed E-state index contributed by atoms with van der Waals surface area (Å²) in [6.07, 6.45) is 5.45. The molecule has 0 spiro atoms. The van der Waals surface area contributed by atoms with Gasteiger partial charge in [-0.2, -0.15) is 0 Å². The van der Waals surface area contributed by atoms with Gasteiger partial charge in [-0.25, -0.2) is 0 Å². The molecule has 160 valence electrons. The van der Waals surface area contributed by atoms with Crippen LogP contribution in [0.25, 0.3) is 0 Å². The molecule has 2 aromatic carbocycles. The Morgan fingerprint density at radius 2 is 1.34 bits per heavy atom. The third-order valence-electron chi connectivity index (χ3n) is 7.60. The zero-order chi connectivity index (χ0) is 22.1. The molecule has 0 aromatic heterocycles. The molecule has 4 aliphatic carbocycles. The van der Waals surface area contributed by atoms with Crippen molar-refractivity contribution in [1.29, 1.82) is 0 Å². The van der Waals surface area contributed by atoms with Gasteiger partial charge in [-0.3, -0.25) is 24.1 Å². The van der Waals surface area contributed by atoms with Crippen molar-refractivity contribution in [2.75, 3.05) is 10.2 Å². The smallest absolute Gasteiger partial charge is 0.255 e. The van der Waals surface area contributed by atoms with Gasteiger partial charge in [-0.05, 0) is 85.5 Å². The first-order chi connectivity index (χ1) is 15.4. The Morgan fingerprint density at radius 1 is 0.812 bits per heavy atom. The molecular weight excluding hydrogens is 404 g/mol. The second kappa shape index (κ2) is 6.73. The van der Waals surface area contributed by atoms with Crippen LogP contribution in [0.5, 0.6) is 0 Å². The molecule has 1 saturated heterocycles. The molecule has 3 fully saturated rings. The quantitative estimate of drug-likeness (QED) is 0.459. The van der Waals surface area contributed by atoms with E-state index in [-0.39, 0.29) is 47.2 Å². The maximum Gasteiger partial charge on any atom is 0.255 e. The molecule has 5 aliphatic rings. The molecule has 1 heterocycles. The Hall–Kier alpha value is -3.54. The van der Waals surface area contributed by atoms with Gasteiger partial charge in [0.1, 0.15) is 0 Å². The van der Waals surface area contributed by atoms with E-state index in [1.165, 1.54) is 11.8 Å². The first kappa shape index (κ1) is 19.2. The molecule has 6 heteroatoms. The Balaban J connectivity index is 1.19. The predicted molar refractivity (Wildman–Crippen MR) is 118 cm³/mol. The van der Waals surface area contributed by atoms with Crippen molar-refractivity contribution in [2.45, 2.75) is 13.3 Å². The lowest BCUT2D eigenvalue weighted by atomic mass is 9.63. The number of benzene rings is 2. The number of nitrogens with one attached hydrogen (secondary N) is 1. The molecule has 2 aromatic rings. The number of imide groups is 1. The van der Waals surface area contributed by atoms with Crippen LogP contribution in [0, 0.1) is 35.5 Å². The Kier molecular flexibility index (Phi) is 4.03. The van der Waals surface area contributed by atoms with Crippen molar-refractivity contribution in [2.24, 2.45) is 35.5 Å². The lowest BCUT2D eigenvalue weighted by Gasteiger charge is -2.37. The largest absolute Gasteiger partial charge is 0.322 e. The molecule has 0 radical (unpaired) electrons. The van der Waals surface area contributed by atoms with Crippen LogP contribution >= 0.6 is 0 Å². The number of ketones is 1. The van der Waals surface area contributed by atoms with Gasteiger partial charge < -0.3 is 5.32 Å². The number of hydrogen-bond donors (Lipinski definition) is 1. The van der Waals surface area contributed by atoms with Gasteiger partial charge in [0.15, 0.2) is 5.78 Å². The van der Waals surface area contributed by atoms with Gasteiger partial charge in [0.05, 0.1) is 17.5 Å². The van der Waals surface area contributed by atoms with Crippen LogP contribution in [-0.4, -0.2) is 23.5 Å². The Bertz CT molecular complexity index is 1160. The van der Waals surface area contributed by atoms with E-state index in [1.54, 1.807) is 48.5 Å². The molecule has 32 heavy (non-hydrogen) atoms. The zero-order valence-electron chi connectivity index (χ0n) is 17.5. The third kappa shape index (κ3) is 2.72. The highest BCUT2D eigenvalue weighted by Crippen LogP contribution is 2.65. The minimum atomic E-state index is -0.304. The summed E-state index contributed by atoms with van der Waals surface area (Å²) in [6.45, 7) is 1.49. The van der Waals surface area contributed by atoms with Crippen molar-refractivity contribution in [3.8, 4) is 0 Å². The molecule has 0 unspecified atom stereocenters. The summed E-state index contributed by atoms with van der Waals surface area (Å²) in [5, 5.41) is 2.80. The topological polar surface area (TPSA) is 83.6 Å². The van der Waals surface area contributed by atoms with Crippen LogP contribution in [0.2, 0.25) is 0 Å². The van der Waals surface area contributed by atoms with Crippen LogP contribution in [0.1, 0.15) is 34.1 Å². The summed E-state index contributed by atoms with van der Waals surface area (Å²) in [6, 6.07) is 13.3. The van der Waals surface area contributed by atoms with Crippen LogP contribution in [0.4, 0.5) is 11.4 Å². The van der Waals surface area contributed by atoms with E-state index in [1.807, 2.05) is 0 Å². The molecule has 1 N–H and O–H groups in total. The SMILES string of the molecule is CC(=O)c1ccc(NC(=O)c2ccc(N3C(=O)[C@H]4[C@@H]5C=C[C@H]([C@H]6C[C@H]56)[C@@H]4C3=O)cc2)cc1. The lowest BCUT2D eigenvalue weighted by molar-refractivity contribution is -0.124. The summed E-state index contributed by atoms with van der Waals surface area (Å²) < 4.78 is 0. The standard InChI is InChI=1S/C26H22N2O4/c1-13(29)14-2-6-16(7-3-14)27-24(30)15-4-8-17(9-5-15)28-25(31)22-18-10-11-19(21-12-20(18)21)23(22)26(28)32/h2-11,18-23H,12H2,1H3,(H,27,30)/t18-,19-,20-,21-,22+,23+/m1/s1. The van der Waals surface area contributed by atoms with E-state index >= 15 is 0 Å². The maximum atomic E-state index is 13.2. The van der Waals surface area contributed by atoms with E-state index in [0.29, 0.717) is 34.3 Å². The van der Waals surface area contributed by atoms with E-state index in [9.17, 15) is 19.2 Å². The summed E-state index contributed by atoms with van der Waals surface area (Å²) in [4.78, 5) is 51.7. The van der Waals surface area contributed by atoms with Crippen molar-refractivity contribution >= 4 is 34.9 Å². The maximum absolute atomic E-state index is 13.2. The van der Waals surface area contributed by atoms with Gasteiger partial charge in [0.25, 0.3) is 5.91 Å². The number of rotatable bonds is 4. The molecule has 7 rings (SSSR count). The lowest BCUT2D eigenvalue weighted by Crippen LogP contribution is -2.40. The van der Waals surface area contributed by atoms with Crippen molar-refractivity contribution in [3.05, 3.63) is 71.8 Å². The molecular formula is C26H22N2O4. The van der Waals surface area contributed by atoms with Gasteiger partial charge in [0.2, 0.25) is 11.8 Å². The van der Waals surface area contributed by atoms with Crippen LogP contribution in [0.15, 0.2) is 60.7 Å². The van der Waals surface area contributed by atoms with E-state index < -0.39 is 0 Å². The van der Waals surface area contributed by atoms with Gasteiger partial charge in [-0.15, -0.1) is 0 Å². The average molecular weight is 426 g/mol. The fourth-order valence-corrected chi connectivity index (χ4v) is 5.96. The van der Waals surface area contributed by atoms with E-state index in [2.05, 4.69) is 17.5 Å². The molecule has 1 aliphatic heterocycles. The fourth-order valence-electron chi connectivity index (χ4n) is 5.96. The number of Topliss-reactive ketones (excluding diaryl/α,β-unsaturated/α-hetero) is 1. The van der Waals surface area contributed by atoms with Crippen molar-refractivity contribution in [3.63, 3.8) is 0 Å². The summed E-state index contributed by atoms with van der Waals surface area (Å²) in [7, 11) is 0. The van der Waals surface area contributed by atoms with Gasteiger partial charge >= 0.3 is 0 Å². The molecule has 6 nitrogen and oxygen atoms in total. The second-order valence-corrected chi connectivity index (χ2v) is 9.30. The van der Waals surface area contributed by atoms with Gasteiger partial charge in [-0.1, -0.05) is 12.2 Å². The van der Waals surface area contributed by atoms with Crippen LogP contribution in [0.3, 0.4) is 0 Å². The highest BCUT2D eigenvalue weighted by Gasteiger charge is 2.67. The second-order valence-electron chi connectivity index (χ2n) is 9.30. The van der Waals surface area contributed by atoms with Crippen LogP contribution in [-0.2, 0) is 9.59 Å². The highest BCUT2D eigenvalue weighted by molar-refractivity contribution is 6.22. The predicted octanol–water partition coefficient (Wildman–Crippen LogP) is 3.70. The van der Waals surface area contributed by atoms with Crippen molar-refractivity contribution in [1.82, 2.24) is 0 Å². The number of nitrogens with zero attached hydrogens (tertiary/aromatic N) is 1.